The van der Waals surface area contributed by atoms with E-state index in [4.69, 9.17) is 0 Å². The van der Waals surface area contributed by atoms with E-state index in [0.717, 1.165) is 38.0 Å². The van der Waals surface area contributed by atoms with Crippen LogP contribution in [0, 0.1) is 12.7 Å². The number of rotatable bonds is 4. The molecule has 0 unspecified atom stereocenters. The average molecular weight is 344 g/mol. The van der Waals surface area contributed by atoms with Gasteiger partial charge in [-0.2, -0.15) is 0 Å². The Kier molecular flexibility index (Phi) is 5.23. The predicted molar refractivity (Wildman–Crippen MR) is 96.4 cm³/mol. The van der Waals surface area contributed by atoms with Crippen molar-refractivity contribution in [3.05, 3.63) is 63.3 Å². The molecule has 1 atom stereocenters. The van der Waals surface area contributed by atoms with Crippen molar-refractivity contribution in [2.75, 3.05) is 13.1 Å². The number of likely N-dealkylation sites (tertiary alicyclic amines) is 1. The van der Waals surface area contributed by atoms with Crippen LogP contribution < -0.4 is 5.56 Å². The molecule has 2 heterocycles. The number of halogens is 1. The molecule has 0 spiro atoms. The van der Waals surface area contributed by atoms with Crippen molar-refractivity contribution in [2.45, 2.75) is 45.7 Å². The van der Waals surface area contributed by atoms with Crippen LogP contribution in [0.25, 0.3) is 0 Å². The molecule has 4 nitrogen and oxygen atoms in total. The van der Waals surface area contributed by atoms with Crippen LogP contribution >= 0.6 is 0 Å². The summed E-state index contributed by atoms with van der Waals surface area (Å²) in [5, 5.41) is 10.6. The lowest BCUT2D eigenvalue weighted by Gasteiger charge is -2.35. The maximum Gasteiger partial charge on any atom is 0.259 e. The number of pyridine rings is 1. The molecule has 0 aliphatic carbocycles. The van der Waals surface area contributed by atoms with E-state index in [9.17, 15) is 14.3 Å². The van der Waals surface area contributed by atoms with Gasteiger partial charge in [-0.15, -0.1) is 0 Å². The minimum Gasteiger partial charge on any atom is -0.507 e. The highest BCUT2D eigenvalue weighted by molar-refractivity contribution is 5.41. The molecule has 1 aliphatic rings. The molecule has 5 heteroatoms. The van der Waals surface area contributed by atoms with E-state index in [2.05, 4.69) is 4.90 Å². The quantitative estimate of drug-likeness (QED) is 0.922. The van der Waals surface area contributed by atoms with Crippen molar-refractivity contribution in [1.29, 1.82) is 0 Å². The molecule has 0 radical (unpaired) electrons. The molecular weight excluding hydrogens is 319 g/mol. The van der Waals surface area contributed by atoms with Crippen LogP contribution in [0.3, 0.4) is 0 Å². The van der Waals surface area contributed by atoms with E-state index in [1.165, 1.54) is 12.1 Å². The summed E-state index contributed by atoms with van der Waals surface area (Å²) in [4.78, 5) is 15.3. The van der Waals surface area contributed by atoms with Gasteiger partial charge in [0.15, 0.2) is 0 Å². The lowest BCUT2D eigenvalue weighted by Crippen LogP contribution is -2.38. The molecule has 2 aromatic rings. The third kappa shape index (κ3) is 3.47. The molecule has 1 saturated heterocycles. The van der Waals surface area contributed by atoms with E-state index in [-0.39, 0.29) is 17.1 Å². The molecule has 0 bridgehead atoms. The van der Waals surface area contributed by atoms with Crippen LogP contribution in [0.2, 0.25) is 0 Å². The zero-order valence-electron chi connectivity index (χ0n) is 14.8. The Hall–Kier alpha value is -2.14. The van der Waals surface area contributed by atoms with Crippen LogP contribution in [-0.4, -0.2) is 27.7 Å². The first-order chi connectivity index (χ1) is 12.0. The van der Waals surface area contributed by atoms with Gasteiger partial charge < -0.3 is 9.67 Å². The number of hydrogen-bond donors (Lipinski definition) is 1. The fraction of sp³-hybridized carbons (Fsp3) is 0.450. The van der Waals surface area contributed by atoms with E-state index >= 15 is 0 Å². The van der Waals surface area contributed by atoms with Crippen LogP contribution in [0.5, 0.6) is 5.75 Å². The molecule has 1 aliphatic heterocycles. The lowest BCUT2D eigenvalue weighted by atomic mass is 9.94. The van der Waals surface area contributed by atoms with Gasteiger partial charge in [0, 0.05) is 12.2 Å². The highest BCUT2D eigenvalue weighted by Gasteiger charge is 2.30. The summed E-state index contributed by atoms with van der Waals surface area (Å²) in [5.41, 5.74) is 1.59. The Morgan fingerprint density at radius 3 is 2.56 bits per heavy atom. The largest absolute Gasteiger partial charge is 0.507 e. The Morgan fingerprint density at radius 1 is 1.20 bits per heavy atom. The summed E-state index contributed by atoms with van der Waals surface area (Å²) >= 11 is 0. The number of hydrogen-bond acceptors (Lipinski definition) is 3. The monoisotopic (exact) mass is 344 g/mol. The van der Waals surface area contributed by atoms with Gasteiger partial charge in [0.1, 0.15) is 11.6 Å². The van der Waals surface area contributed by atoms with Gasteiger partial charge in [-0.3, -0.25) is 9.69 Å². The van der Waals surface area contributed by atoms with Gasteiger partial charge in [-0.25, -0.2) is 4.39 Å². The number of aromatic hydroxyl groups is 1. The van der Waals surface area contributed by atoms with Gasteiger partial charge in [0.25, 0.3) is 5.56 Å². The molecule has 3 rings (SSSR count). The van der Waals surface area contributed by atoms with E-state index in [1.54, 1.807) is 16.7 Å². The van der Waals surface area contributed by atoms with Crippen LogP contribution in [-0.2, 0) is 6.54 Å². The summed E-state index contributed by atoms with van der Waals surface area (Å²) < 4.78 is 15.5. The predicted octanol–water partition coefficient (Wildman–Crippen LogP) is 3.60. The first kappa shape index (κ1) is 17.7. The van der Waals surface area contributed by atoms with Gasteiger partial charge in [0.2, 0.25) is 0 Å². The molecule has 0 saturated carbocycles. The Bertz CT molecular complexity index is 810. The summed E-state index contributed by atoms with van der Waals surface area (Å²) in [6.07, 6.45) is 3.24. The molecule has 25 heavy (non-hydrogen) atoms. The van der Waals surface area contributed by atoms with Crippen LogP contribution in [0.4, 0.5) is 4.39 Å². The van der Waals surface area contributed by atoms with Gasteiger partial charge in [0.05, 0.1) is 11.6 Å². The fourth-order valence-electron chi connectivity index (χ4n) is 3.83. The number of aryl methyl sites for hydroxylation is 1. The van der Waals surface area contributed by atoms with E-state index in [0.29, 0.717) is 17.7 Å². The number of piperidine rings is 1. The SMILES string of the molecule is CCn1c(C)cc(O)c([C@@H](c2cccc(F)c2)N2CCCCC2)c1=O. The maximum atomic E-state index is 13.9. The van der Waals surface area contributed by atoms with Crippen molar-refractivity contribution in [3.8, 4) is 5.75 Å². The minimum atomic E-state index is -0.429. The summed E-state index contributed by atoms with van der Waals surface area (Å²) in [6.45, 7) is 5.92. The van der Waals surface area contributed by atoms with Gasteiger partial charge in [-0.05, 0) is 63.5 Å². The fourth-order valence-corrected chi connectivity index (χ4v) is 3.83. The van der Waals surface area contributed by atoms with Crippen molar-refractivity contribution < 1.29 is 9.50 Å². The third-order valence-corrected chi connectivity index (χ3v) is 5.03. The smallest absolute Gasteiger partial charge is 0.259 e. The second-order valence-corrected chi connectivity index (χ2v) is 6.69. The van der Waals surface area contributed by atoms with E-state index in [1.807, 2.05) is 19.9 Å². The number of nitrogens with zero attached hydrogens (tertiary/aromatic N) is 2. The molecular formula is C20H25FN2O2. The van der Waals surface area contributed by atoms with E-state index < -0.39 is 6.04 Å². The number of benzene rings is 1. The van der Waals surface area contributed by atoms with Crippen molar-refractivity contribution in [3.63, 3.8) is 0 Å². The molecule has 1 N–H and O–H groups in total. The molecule has 1 aromatic heterocycles. The zero-order chi connectivity index (χ0) is 18.0. The van der Waals surface area contributed by atoms with Crippen molar-refractivity contribution >= 4 is 0 Å². The molecule has 0 amide bonds. The van der Waals surface area contributed by atoms with Crippen LogP contribution in [0.15, 0.2) is 35.1 Å². The summed E-state index contributed by atoms with van der Waals surface area (Å²) in [7, 11) is 0. The maximum absolute atomic E-state index is 13.9. The standard InChI is InChI=1S/C20H25FN2O2/c1-3-23-14(2)12-17(24)18(20(23)25)19(22-10-5-4-6-11-22)15-8-7-9-16(21)13-15/h7-9,12-13,19,24H,3-6,10-11H2,1-2H3/t19-/m1/s1. The number of aromatic nitrogens is 1. The topological polar surface area (TPSA) is 45.5 Å². The average Bonchev–Trinajstić information content (AvgIpc) is 2.59. The summed E-state index contributed by atoms with van der Waals surface area (Å²) in [6, 6.07) is 7.56. The third-order valence-electron chi connectivity index (χ3n) is 5.03. The van der Waals surface area contributed by atoms with Gasteiger partial charge >= 0.3 is 0 Å². The Labute approximate surface area is 147 Å². The first-order valence-corrected chi connectivity index (χ1v) is 8.95. The van der Waals surface area contributed by atoms with Crippen LogP contribution in [0.1, 0.15) is 49.0 Å². The lowest BCUT2D eigenvalue weighted by molar-refractivity contribution is 0.183. The summed E-state index contributed by atoms with van der Waals surface area (Å²) in [5.74, 6) is -0.339. The second-order valence-electron chi connectivity index (χ2n) is 6.69. The minimum absolute atomic E-state index is 0.00738. The first-order valence-electron chi connectivity index (χ1n) is 8.95. The van der Waals surface area contributed by atoms with Gasteiger partial charge in [-0.1, -0.05) is 18.6 Å². The zero-order valence-corrected chi connectivity index (χ0v) is 14.8. The Morgan fingerprint density at radius 2 is 1.92 bits per heavy atom. The second kappa shape index (κ2) is 7.40. The molecule has 1 fully saturated rings. The van der Waals surface area contributed by atoms with Crippen molar-refractivity contribution in [2.24, 2.45) is 0 Å². The Balaban J connectivity index is 2.20. The normalized spacial score (nSPS) is 16.8. The van der Waals surface area contributed by atoms with Crippen molar-refractivity contribution in [1.82, 2.24) is 9.47 Å². The highest BCUT2D eigenvalue weighted by atomic mass is 19.1. The highest BCUT2D eigenvalue weighted by Crippen LogP contribution is 2.34. The molecule has 134 valence electrons. The molecule has 1 aromatic carbocycles.